The second-order valence-corrected chi connectivity index (χ2v) is 7.26. The zero-order chi connectivity index (χ0) is 22.3. The third kappa shape index (κ3) is 5.72. The standard InChI is InChI=1S/C23H29NO6/c1-6-14(2)21(23(27)29-5)24-20(25)13-30-22(26)15(3)16-7-8-18-12-19(28-4)10-9-17(18)11-16/h7-12,14-15,21H,6,13H2,1-5H3,(H,24,25)/t14-,15-,21+/m0/s1. The van der Waals surface area contributed by atoms with Crippen molar-refractivity contribution in [2.75, 3.05) is 20.8 Å². The molecule has 30 heavy (non-hydrogen) atoms. The number of hydrogen-bond donors (Lipinski definition) is 1. The normalized spacial score (nSPS) is 13.8. The van der Waals surface area contributed by atoms with E-state index in [0.717, 1.165) is 22.1 Å². The van der Waals surface area contributed by atoms with E-state index in [0.29, 0.717) is 6.42 Å². The van der Waals surface area contributed by atoms with Gasteiger partial charge in [0, 0.05) is 0 Å². The number of amides is 1. The molecule has 0 aliphatic heterocycles. The first-order chi connectivity index (χ1) is 14.3. The van der Waals surface area contributed by atoms with Gasteiger partial charge in [0.05, 0.1) is 20.1 Å². The van der Waals surface area contributed by atoms with Gasteiger partial charge < -0.3 is 19.5 Å². The van der Waals surface area contributed by atoms with E-state index in [4.69, 9.17) is 14.2 Å². The van der Waals surface area contributed by atoms with Crippen molar-refractivity contribution in [3.63, 3.8) is 0 Å². The molecule has 0 fully saturated rings. The van der Waals surface area contributed by atoms with Crippen LogP contribution in [0.25, 0.3) is 10.8 Å². The Kier molecular flexibility index (Phi) is 8.21. The Morgan fingerprint density at radius 2 is 1.63 bits per heavy atom. The third-order valence-electron chi connectivity index (χ3n) is 5.26. The van der Waals surface area contributed by atoms with Gasteiger partial charge >= 0.3 is 11.9 Å². The summed E-state index contributed by atoms with van der Waals surface area (Å²) in [6, 6.07) is 10.6. The maximum atomic E-state index is 12.4. The largest absolute Gasteiger partial charge is 0.497 e. The number of nitrogens with one attached hydrogen (secondary N) is 1. The quantitative estimate of drug-likeness (QED) is 0.633. The highest BCUT2D eigenvalue weighted by Gasteiger charge is 2.27. The minimum atomic E-state index is -0.777. The van der Waals surface area contributed by atoms with Gasteiger partial charge in [-0.3, -0.25) is 9.59 Å². The molecule has 1 N–H and O–H groups in total. The van der Waals surface area contributed by atoms with Gasteiger partial charge in [-0.25, -0.2) is 4.79 Å². The van der Waals surface area contributed by atoms with Gasteiger partial charge in [-0.05, 0) is 41.3 Å². The van der Waals surface area contributed by atoms with Crippen LogP contribution in [-0.2, 0) is 23.9 Å². The summed E-state index contributed by atoms with van der Waals surface area (Å²) in [5.41, 5.74) is 0.783. The highest BCUT2D eigenvalue weighted by molar-refractivity contribution is 5.89. The first-order valence-corrected chi connectivity index (χ1v) is 9.92. The van der Waals surface area contributed by atoms with Crippen LogP contribution in [0.5, 0.6) is 5.75 Å². The van der Waals surface area contributed by atoms with Crippen molar-refractivity contribution in [2.45, 2.75) is 39.2 Å². The number of carbonyl (C=O) groups is 3. The molecule has 0 aliphatic carbocycles. The van der Waals surface area contributed by atoms with Crippen molar-refractivity contribution in [1.29, 1.82) is 0 Å². The molecule has 0 saturated heterocycles. The lowest BCUT2D eigenvalue weighted by molar-refractivity contribution is -0.151. The van der Waals surface area contributed by atoms with Crippen LogP contribution in [0, 0.1) is 5.92 Å². The molecule has 0 spiro atoms. The van der Waals surface area contributed by atoms with Gasteiger partial charge in [-0.2, -0.15) is 0 Å². The molecule has 2 rings (SSSR count). The van der Waals surface area contributed by atoms with Crippen molar-refractivity contribution in [1.82, 2.24) is 5.32 Å². The van der Waals surface area contributed by atoms with Gasteiger partial charge in [0.25, 0.3) is 5.91 Å². The topological polar surface area (TPSA) is 90.9 Å². The van der Waals surface area contributed by atoms with E-state index in [-0.39, 0.29) is 5.92 Å². The first kappa shape index (κ1) is 23.2. The monoisotopic (exact) mass is 415 g/mol. The Labute approximate surface area is 176 Å². The molecule has 7 nitrogen and oxygen atoms in total. The summed E-state index contributed by atoms with van der Waals surface area (Å²) in [4.78, 5) is 36.5. The number of esters is 2. The lowest BCUT2D eigenvalue weighted by atomic mass is 9.98. The SMILES string of the molecule is CC[C@H](C)[C@@H](NC(=O)COC(=O)[C@@H](C)c1ccc2cc(OC)ccc2c1)C(=O)OC. The molecule has 162 valence electrons. The van der Waals surface area contributed by atoms with E-state index in [9.17, 15) is 14.4 Å². The molecule has 0 aromatic heterocycles. The molecule has 3 atom stereocenters. The molecule has 7 heteroatoms. The fourth-order valence-electron chi connectivity index (χ4n) is 3.05. The molecule has 1 amide bonds. The molecule has 0 heterocycles. The van der Waals surface area contributed by atoms with Crippen molar-refractivity contribution in [3.05, 3.63) is 42.0 Å². The van der Waals surface area contributed by atoms with Gasteiger partial charge in [0.1, 0.15) is 11.8 Å². The van der Waals surface area contributed by atoms with Crippen LogP contribution in [0.1, 0.15) is 38.7 Å². The second kappa shape index (κ2) is 10.6. The number of rotatable bonds is 9. The van der Waals surface area contributed by atoms with E-state index in [1.165, 1.54) is 7.11 Å². The summed E-state index contributed by atoms with van der Waals surface area (Å²) in [6.07, 6.45) is 0.685. The molecule has 0 radical (unpaired) electrons. The Hall–Kier alpha value is -3.09. The predicted molar refractivity (Wildman–Crippen MR) is 113 cm³/mol. The molecule has 0 unspecified atom stereocenters. The molecule has 2 aromatic carbocycles. The minimum Gasteiger partial charge on any atom is -0.497 e. The van der Waals surface area contributed by atoms with Crippen LogP contribution in [0.3, 0.4) is 0 Å². The van der Waals surface area contributed by atoms with Gasteiger partial charge in [0.2, 0.25) is 0 Å². The smallest absolute Gasteiger partial charge is 0.328 e. The number of hydrogen-bond acceptors (Lipinski definition) is 6. The fraction of sp³-hybridized carbons (Fsp3) is 0.435. The maximum Gasteiger partial charge on any atom is 0.328 e. The highest BCUT2D eigenvalue weighted by atomic mass is 16.5. The first-order valence-electron chi connectivity index (χ1n) is 9.92. The van der Waals surface area contributed by atoms with Gasteiger partial charge in [-0.1, -0.05) is 44.5 Å². The highest BCUT2D eigenvalue weighted by Crippen LogP contribution is 2.25. The summed E-state index contributed by atoms with van der Waals surface area (Å²) in [7, 11) is 2.88. The van der Waals surface area contributed by atoms with Crippen LogP contribution in [0.2, 0.25) is 0 Å². The molecular formula is C23H29NO6. The number of methoxy groups -OCH3 is 2. The Morgan fingerprint density at radius 3 is 2.27 bits per heavy atom. The summed E-state index contributed by atoms with van der Waals surface area (Å²) in [6.45, 7) is 5.01. The number of benzene rings is 2. The van der Waals surface area contributed by atoms with Crippen molar-refractivity contribution >= 4 is 28.6 Å². The average molecular weight is 415 g/mol. The van der Waals surface area contributed by atoms with Crippen molar-refractivity contribution < 1.29 is 28.6 Å². The van der Waals surface area contributed by atoms with Crippen LogP contribution in [0.15, 0.2) is 36.4 Å². The van der Waals surface area contributed by atoms with Crippen LogP contribution in [0.4, 0.5) is 0 Å². The lowest BCUT2D eigenvalue weighted by Crippen LogP contribution is -2.47. The zero-order valence-electron chi connectivity index (χ0n) is 18.1. The second-order valence-electron chi connectivity index (χ2n) is 7.26. The van der Waals surface area contributed by atoms with Gasteiger partial charge in [0.15, 0.2) is 6.61 Å². The van der Waals surface area contributed by atoms with E-state index >= 15 is 0 Å². The Balaban J connectivity index is 1.99. The maximum absolute atomic E-state index is 12.4. The molecule has 2 aromatic rings. The van der Waals surface area contributed by atoms with Crippen LogP contribution < -0.4 is 10.1 Å². The zero-order valence-corrected chi connectivity index (χ0v) is 18.1. The molecule has 0 aliphatic rings. The van der Waals surface area contributed by atoms with Crippen LogP contribution >= 0.6 is 0 Å². The average Bonchev–Trinajstić information content (AvgIpc) is 2.78. The summed E-state index contributed by atoms with van der Waals surface area (Å²) >= 11 is 0. The van der Waals surface area contributed by atoms with Crippen LogP contribution in [-0.4, -0.2) is 44.7 Å². The number of carbonyl (C=O) groups excluding carboxylic acids is 3. The van der Waals surface area contributed by atoms with Gasteiger partial charge in [-0.15, -0.1) is 0 Å². The fourth-order valence-corrected chi connectivity index (χ4v) is 3.05. The molecule has 0 bridgehead atoms. The van der Waals surface area contributed by atoms with Crippen molar-refractivity contribution in [2.24, 2.45) is 5.92 Å². The Bertz CT molecular complexity index is 910. The summed E-state index contributed by atoms with van der Waals surface area (Å²) < 4.78 is 15.1. The predicted octanol–water partition coefficient (Wildman–Crippen LogP) is 3.20. The molecule has 0 saturated carbocycles. The van der Waals surface area contributed by atoms with Crippen molar-refractivity contribution in [3.8, 4) is 5.75 Å². The minimum absolute atomic E-state index is 0.104. The third-order valence-corrected chi connectivity index (χ3v) is 5.26. The van der Waals surface area contributed by atoms with E-state index in [2.05, 4.69) is 5.32 Å². The number of fused-ring (bicyclic) bond motifs is 1. The Morgan fingerprint density at radius 1 is 0.967 bits per heavy atom. The summed E-state index contributed by atoms with van der Waals surface area (Å²) in [5.74, 6) is -1.47. The molecular weight excluding hydrogens is 386 g/mol. The lowest BCUT2D eigenvalue weighted by Gasteiger charge is -2.22. The van der Waals surface area contributed by atoms with E-state index in [1.54, 1.807) is 14.0 Å². The van der Waals surface area contributed by atoms with E-state index in [1.807, 2.05) is 50.2 Å². The number of ether oxygens (including phenoxy) is 3. The van der Waals surface area contributed by atoms with E-state index < -0.39 is 36.4 Å². The summed E-state index contributed by atoms with van der Waals surface area (Å²) in [5, 5.41) is 4.55.